The highest BCUT2D eigenvalue weighted by Gasteiger charge is 2.59. The zero-order valence-electron chi connectivity index (χ0n) is 18.5. The van der Waals surface area contributed by atoms with E-state index in [4.69, 9.17) is 0 Å². The molecule has 8 atom stereocenters. The van der Waals surface area contributed by atoms with Crippen molar-refractivity contribution in [2.75, 3.05) is 0 Å². The molecule has 0 spiro atoms. The van der Waals surface area contributed by atoms with Gasteiger partial charge in [-0.25, -0.2) is 8.78 Å². The number of hydrogen-bond donors (Lipinski definition) is 1. The van der Waals surface area contributed by atoms with Crippen LogP contribution in [0.4, 0.5) is 8.78 Å². The average Bonchev–Trinajstić information content (AvgIpc) is 3.08. The van der Waals surface area contributed by atoms with Crippen LogP contribution in [0.1, 0.15) is 83.3 Å². The Morgan fingerprint density at radius 1 is 1.03 bits per heavy atom. The monoisotopic (exact) mass is 415 g/mol. The fourth-order valence-corrected chi connectivity index (χ4v) is 8.45. The van der Waals surface area contributed by atoms with Crippen molar-refractivity contribution in [3.63, 3.8) is 0 Å². The molecule has 164 valence electrons. The molecule has 3 fully saturated rings. The standard InChI is InChI=1S/C26H35F2NO/c1-15-19-5-4-18-21-7-6-20(16-12-17(24(27)28)14-29-13-16)26(21,3)10-8-22(18)25(19,2)11-9-23(15)30/h6,12-15,18-19,21-24,30H,4-5,7-11H2,1-3H3/t15-,18?,19?,21?,22?,23-,25-,26+/m0/s1. The number of hydrogen-bond acceptors (Lipinski definition) is 2. The van der Waals surface area contributed by atoms with Crippen LogP contribution in [0.5, 0.6) is 0 Å². The maximum atomic E-state index is 13.3. The molecule has 4 unspecified atom stereocenters. The van der Waals surface area contributed by atoms with Crippen molar-refractivity contribution in [3.05, 3.63) is 35.7 Å². The number of nitrogens with zero attached hydrogens (tertiary/aromatic N) is 1. The van der Waals surface area contributed by atoms with Crippen molar-refractivity contribution in [2.45, 2.75) is 78.2 Å². The smallest absolute Gasteiger partial charge is 0.265 e. The van der Waals surface area contributed by atoms with Gasteiger partial charge in [0.2, 0.25) is 0 Å². The molecule has 30 heavy (non-hydrogen) atoms. The first-order valence-electron chi connectivity index (χ1n) is 11.9. The van der Waals surface area contributed by atoms with Gasteiger partial charge in [0, 0.05) is 18.0 Å². The average molecular weight is 416 g/mol. The van der Waals surface area contributed by atoms with Gasteiger partial charge < -0.3 is 5.11 Å². The number of rotatable bonds is 2. The molecule has 4 aliphatic carbocycles. The van der Waals surface area contributed by atoms with Crippen LogP contribution in [0.3, 0.4) is 0 Å². The third-order valence-electron chi connectivity index (χ3n) is 10.1. The highest BCUT2D eigenvalue weighted by Crippen LogP contribution is 2.68. The summed E-state index contributed by atoms with van der Waals surface area (Å²) in [4.78, 5) is 4.14. The fourth-order valence-electron chi connectivity index (χ4n) is 8.45. The van der Waals surface area contributed by atoms with Gasteiger partial charge in [0.15, 0.2) is 0 Å². The Morgan fingerprint density at radius 3 is 2.60 bits per heavy atom. The minimum atomic E-state index is -2.47. The first-order valence-corrected chi connectivity index (χ1v) is 11.9. The van der Waals surface area contributed by atoms with E-state index < -0.39 is 6.43 Å². The Balaban J connectivity index is 1.43. The van der Waals surface area contributed by atoms with Crippen LogP contribution in [0, 0.1) is 40.4 Å². The summed E-state index contributed by atoms with van der Waals surface area (Å²) in [5.41, 5.74) is 2.57. The van der Waals surface area contributed by atoms with Gasteiger partial charge in [0.05, 0.1) is 6.10 Å². The summed E-state index contributed by atoms with van der Waals surface area (Å²) in [6.45, 7) is 7.15. The summed E-state index contributed by atoms with van der Waals surface area (Å²) in [5.74, 6) is 3.06. The molecule has 0 aliphatic heterocycles. The van der Waals surface area contributed by atoms with Gasteiger partial charge in [-0.1, -0.05) is 26.8 Å². The minimum absolute atomic E-state index is 0.0249. The molecule has 0 radical (unpaired) electrons. The Labute approximate surface area is 179 Å². The van der Waals surface area contributed by atoms with Crippen molar-refractivity contribution in [1.29, 1.82) is 0 Å². The lowest BCUT2D eigenvalue weighted by Crippen LogP contribution is -2.55. The fraction of sp³-hybridized carbons (Fsp3) is 0.731. The second kappa shape index (κ2) is 7.12. The Morgan fingerprint density at radius 2 is 1.83 bits per heavy atom. The number of aliphatic hydroxyl groups excluding tert-OH is 1. The van der Waals surface area contributed by atoms with Crippen LogP contribution in [0.15, 0.2) is 24.5 Å². The Kier molecular flexibility index (Phi) is 4.89. The number of alkyl halides is 2. The predicted molar refractivity (Wildman–Crippen MR) is 115 cm³/mol. The SMILES string of the molecule is C[C@H]1C2CCC3C(CC[C@]4(C)C(c5cncc(C(F)F)c5)=CCC34)[C@@]2(C)CC[C@@H]1O. The van der Waals surface area contributed by atoms with Crippen LogP contribution in [0.2, 0.25) is 0 Å². The number of allylic oxidation sites excluding steroid dienone is 2. The lowest BCUT2D eigenvalue weighted by atomic mass is 9.43. The van der Waals surface area contributed by atoms with Crippen LogP contribution in [-0.2, 0) is 0 Å². The highest BCUT2D eigenvalue weighted by atomic mass is 19.3. The second-order valence-corrected chi connectivity index (χ2v) is 11.1. The second-order valence-electron chi connectivity index (χ2n) is 11.1. The third kappa shape index (κ3) is 2.85. The molecule has 0 bridgehead atoms. The largest absolute Gasteiger partial charge is 0.393 e. The van der Waals surface area contributed by atoms with Crippen LogP contribution < -0.4 is 0 Å². The van der Waals surface area contributed by atoms with Gasteiger partial charge in [-0.15, -0.1) is 0 Å². The van der Waals surface area contributed by atoms with Gasteiger partial charge in [0.1, 0.15) is 0 Å². The number of aromatic nitrogens is 1. The molecular formula is C26H35F2NO. The number of halogens is 2. The maximum Gasteiger partial charge on any atom is 0.265 e. The molecule has 0 saturated heterocycles. The van der Waals surface area contributed by atoms with E-state index in [0.717, 1.165) is 37.2 Å². The summed E-state index contributed by atoms with van der Waals surface area (Å²) in [6, 6.07) is 1.66. The summed E-state index contributed by atoms with van der Waals surface area (Å²) >= 11 is 0. The summed E-state index contributed by atoms with van der Waals surface area (Å²) in [6.07, 6.45) is 10.8. The molecule has 0 aromatic carbocycles. The molecule has 1 heterocycles. The van der Waals surface area contributed by atoms with Crippen molar-refractivity contribution < 1.29 is 13.9 Å². The van der Waals surface area contributed by atoms with E-state index in [1.54, 1.807) is 12.3 Å². The molecule has 1 aromatic rings. The number of aliphatic hydroxyl groups is 1. The molecule has 4 heteroatoms. The van der Waals surface area contributed by atoms with Gasteiger partial charge in [-0.2, -0.15) is 0 Å². The quantitative estimate of drug-likeness (QED) is 0.586. The van der Waals surface area contributed by atoms with E-state index in [1.807, 2.05) is 0 Å². The first kappa shape index (κ1) is 20.6. The van der Waals surface area contributed by atoms with E-state index in [0.29, 0.717) is 29.1 Å². The lowest BCUT2D eigenvalue weighted by Gasteiger charge is -2.62. The van der Waals surface area contributed by atoms with Crippen molar-refractivity contribution in [3.8, 4) is 0 Å². The van der Waals surface area contributed by atoms with E-state index in [1.165, 1.54) is 31.0 Å². The molecule has 1 N–H and O–H groups in total. The maximum absolute atomic E-state index is 13.3. The lowest BCUT2D eigenvalue weighted by molar-refractivity contribution is -0.138. The van der Waals surface area contributed by atoms with E-state index in [-0.39, 0.29) is 17.1 Å². The number of fused-ring (bicyclic) bond motifs is 5. The first-order chi connectivity index (χ1) is 14.3. The topological polar surface area (TPSA) is 33.1 Å². The Hall–Kier alpha value is -1.29. The molecular weight excluding hydrogens is 380 g/mol. The minimum Gasteiger partial charge on any atom is -0.393 e. The van der Waals surface area contributed by atoms with Crippen molar-refractivity contribution in [1.82, 2.24) is 4.98 Å². The summed E-state index contributed by atoms with van der Waals surface area (Å²) < 4.78 is 26.5. The van der Waals surface area contributed by atoms with Gasteiger partial charge in [-0.3, -0.25) is 4.98 Å². The summed E-state index contributed by atoms with van der Waals surface area (Å²) in [7, 11) is 0. The van der Waals surface area contributed by atoms with Crippen molar-refractivity contribution in [2.24, 2.45) is 40.4 Å². The van der Waals surface area contributed by atoms with Gasteiger partial charge >= 0.3 is 0 Å². The third-order valence-corrected chi connectivity index (χ3v) is 10.1. The van der Waals surface area contributed by atoms with E-state index in [2.05, 4.69) is 31.8 Å². The Bertz CT molecular complexity index is 853. The predicted octanol–water partition coefficient (Wildman–Crippen LogP) is 6.66. The normalized spacial score (nSPS) is 45.5. The van der Waals surface area contributed by atoms with Crippen LogP contribution in [-0.4, -0.2) is 16.2 Å². The van der Waals surface area contributed by atoms with Gasteiger partial charge in [0.25, 0.3) is 6.43 Å². The van der Waals surface area contributed by atoms with E-state index in [9.17, 15) is 13.9 Å². The summed E-state index contributed by atoms with van der Waals surface area (Å²) in [5, 5.41) is 10.5. The highest BCUT2D eigenvalue weighted by molar-refractivity contribution is 5.72. The number of pyridine rings is 1. The molecule has 5 rings (SSSR count). The van der Waals surface area contributed by atoms with Crippen LogP contribution >= 0.6 is 0 Å². The van der Waals surface area contributed by atoms with Crippen molar-refractivity contribution >= 4 is 5.57 Å². The van der Waals surface area contributed by atoms with E-state index >= 15 is 0 Å². The zero-order chi connectivity index (χ0) is 21.3. The molecule has 1 aromatic heterocycles. The molecule has 3 saturated carbocycles. The zero-order valence-corrected chi connectivity index (χ0v) is 18.5. The van der Waals surface area contributed by atoms with Crippen LogP contribution in [0.25, 0.3) is 5.57 Å². The van der Waals surface area contributed by atoms with Gasteiger partial charge in [-0.05, 0) is 103 Å². The molecule has 4 aliphatic rings. The molecule has 2 nitrogen and oxygen atoms in total. The molecule has 0 amide bonds.